The van der Waals surface area contributed by atoms with Crippen LogP contribution in [-0.4, -0.2) is 33.2 Å². The Kier molecular flexibility index (Phi) is 9.01. The van der Waals surface area contributed by atoms with Gasteiger partial charge in [-0.1, -0.05) is 134 Å². The van der Waals surface area contributed by atoms with Crippen LogP contribution in [0.5, 0.6) is 0 Å². The number of aromatic nitrogens is 1. The first-order chi connectivity index (χ1) is 21.6. The lowest BCUT2D eigenvalue weighted by Crippen LogP contribution is -2.54. The van der Waals surface area contributed by atoms with E-state index < -0.39 is 29.2 Å². The van der Waals surface area contributed by atoms with Gasteiger partial charge in [0.1, 0.15) is 23.4 Å². The molecule has 2 fully saturated rings. The Labute approximate surface area is 259 Å². The second kappa shape index (κ2) is 13.2. The quantitative estimate of drug-likeness (QED) is 0.218. The maximum absolute atomic E-state index is 12.9. The third-order valence-electron chi connectivity index (χ3n) is 8.82. The van der Waals surface area contributed by atoms with Gasteiger partial charge in [0, 0.05) is 25.2 Å². The van der Waals surface area contributed by atoms with Crippen LogP contribution in [0.4, 0.5) is 0 Å². The van der Waals surface area contributed by atoms with E-state index in [1.54, 1.807) is 12.4 Å². The van der Waals surface area contributed by atoms with Crippen molar-refractivity contribution in [3.8, 4) is 0 Å². The summed E-state index contributed by atoms with van der Waals surface area (Å²) in [5, 5.41) is 25.8. The summed E-state index contributed by atoms with van der Waals surface area (Å²) in [6.45, 7) is 0. The van der Waals surface area contributed by atoms with E-state index in [9.17, 15) is 10.2 Å². The van der Waals surface area contributed by atoms with E-state index in [1.807, 2.05) is 140 Å². The summed E-state index contributed by atoms with van der Waals surface area (Å²) in [6.07, 6.45) is 6.23. The van der Waals surface area contributed by atoms with Gasteiger partial charge in [0.2, 0.25) is 0 Å². The lowest BCUT2D eigenvalue weighted by atomic mass is 9.72. The number of ether oxygens (including phenoxy) is 2. The molecule has 1 aliphatic carbocycles. The van der Waals surface area contributed by atoms with Crippen LogP contribution in [0.15, 0.2) is 152 Å². The van der Waals surface area contributed by atoms with Gasteiger partial charge in [0.25, 0.3) is 0 Å². The zero-order chi connectivity index (χ0) is 30.3. The summed E-state index contributed by atoms with van der Waals surface area (Å²) >= 11 is 0. The van der Waals surface area contributed by atoms with Gasteiger partial charge in [-0.3, -0.25) is 4.98 Å². The van der Waals surface area contributed by atoms with E-state index >= 15 is 0 Å². The Bertz CT molecular complexity index is 1360. The van der Waals surface area contributed by atoms with Crippen molar-refractivity contribution in [2.24, 2.45) is 0 Å². The average Bonchev–Trinajstić information content (AvgIpc) is 3.49. The predicted molar refractivity (Wildman–Crippen MR) is 172 cm³/mol. The molecule has 2 atom stereocenters. The second-order valence-electron chi connectivity index (χ2n) is 11.6. The molecule has 5 aromatic rings. The van der Waals surface area contributed by atoms with Crippen LogP contribution < -0.4 is 0 Å². The maximum atomic E-state index is 12.9. The first-order valence-corrected chi connectivity index (χ1v) is 15.4. The van der Waals surface area contributed by atoms with Crippen LogP contribution in [0.1, 0.15) is 54.4 Å². The molecular weight excluding hydrogens is 546 g/mol. The number of pyridine rings is 1. The number of rotatable bonds is 6. The maximum Gasteiger partial charge on any atom is 0.169 e. The molecule has 1 aliphatic heterocycles. The van der Waals surface area contributed by atoms with E-state index in [4.69, 9.17) is 9.47 Å². The largest absolute Gasteiger partial charge is 0.378 e. The molecule has 0 radical (unpaired) electrons. The van der Waals surface area contributed by atoms with Crippen molar-refractivity contribution < 1.29 is 19.7 Å². The molecule has 1 saturated carbocycles. The highest BCUT2D eigenvalue weighted by molar-refractivity contribution is 5.43. The Morgan fingerprint density at radius 3 is 1.07 bits per heavy atom. The van der Waals surface area contributed by atoms with Gasteiger partial charge in [0.05, 0.1) is 0 Å². The molecule has 224 valence electrons. The fourth-order valence-electron chi connectivity index (χ4n) is 6.62. The zero-order valence-electron chi connectivity index (χ0n) is 24.8. The molecule has 7 rings (SSSR count). The van der Waals surface area contributed by atoms with Gasteiger partial charge in [-0.05, 0) is 47.2 Å². The Hall–Kier alpha value is -4.13. The molecule has 1 saturated heterocycles. The molecule has 0 amide bonds. The third-order valence-corrected chi connectivity index (χ3v) is 8.82. The van der Waals surface area contributed by atoms with Crippen LogP contribution in [0.2, 0.25) is 0 Å². The van der Waals surface area contributed by atoms with E-state index in [2.05, 4.69) is 4.98 Å². The van der Waals surface area contributed by atoms with Crippen LogP contribution in [0.3, 0.4) is 0 Å². The Balaban J connectivity index is 0.000000513. The molecule has 5 nitrogen and oxygen atoms in total. The molecule has 2 aliphatic rings. The Morgan fingerprint density at radius 1 is 0.477 bits per heavy atom. The van der Waals surface area contributed by atoms with Gasteiger partial charge in [0.15, 0.2) is 5.79 Å². The molecule has 0 bridgehead atoms. The van der Waals surface area contributed by atoms with Gasteiger partial charge in [-0.2, -0.15) is 0 Å². The van der Waals surface area contributed by atoms with Crippen molar-refractivity contribution in [3.05, 3.63) is 174 Å². The molecule has 2 N–H and O–H groups in total. The monoisotopic (exact) mass is 585 g/mol. The predicted octanol–water partition coefficient (Wildman–Crippen LogP) is 7.38. The van der Waals surface area contributed by atoms with Crippen molar-refractivity contribution in [1.82, 2.24) is 4.98 Å². The highest BCUT2D eigenvalue weighted by Gasteiger charge is 2.63. The van der Waals surface area contributed by atoms with Crippen molar-refractivity contribution in [2.45, 2.75) is 61.3 Å². The second-order valence-corrected chi connectivity index (χ2v) is 11.6. The molecule has 4 aromatic carbocycles. The van der Waals surface area contributed by atoms with Crippen molar-refractivity contribution >= 4 is 0 Å². The summed E-state index contributed by atoms with van der Waals surface area (Å²) in [5.41, 5.74) is -0.373. The lowest BCUT2D eigenvalue weighted by molar-refractivity contribution is -0.213. The summed E-state index contributed by atoms with van der Waals surface area (Å²) in [4.78, 5) is 3.78. The van der Waals surface area contributed by atoms with Crippen LogP contribution in [0.25, 0.3) is 0 Å². The number of benzene rings is 4. The number of nitrogens with zero attached hydrogens (tertiary/aromatic N) is 1. The summed E-state index contributed by atoms with van der Waals surface area (Å²) in [6, 6.07) is 44.2. The standard InChI is InChI=1S/C34H34O4.C5H5N/c35-33(26-16-6-1-7-17-26,27-18-8-2-9-19-27)30-31(38-32(37-30)24-14-5-15-25-32)34(36,28-20-10-3-11-21-28)29-22-12-4-13-23-29;1-2-4-6-5-3-1/h1-4,6-13,16-23,30-31,35-36H,5,14-15,24-25H2;1-5H/t30-,31-;/m1./s1. The first kappa shape index (κ1) is 29.9. The van der Waals surface area contributed by atoms with E-state index in [-0.39, 0.29) is 0 Å². The zero-order valence-corrected chi connectivity index (χ0v) is 24.8. The summed E-state index contributed by atoms with van der Waals surface area (Å²) < 4.78 is 13.9. The molecule has 44 heavy (non-hydrogen) atoms. The molecular formula is C39H39NO4. The SMILES string of the molecule is OC(c1ccccc1)(c1ccccc1)[C@@H]1OC2(CCCCC2)O[C@H]1C(O)(c1ccccc1)c1ccccc1.c1ccncc1. The minimum Gasteiger partial charge on any atom is -0.378 e. The Morgan fingerprint density at radius 2 is 0.795 bits per heavy atom. The molecule has 2 heterocycles. The molecule has 1 aromatic heterocycles. The van der Waals surface area contributed by atoms with Crippen molar-refractivity contribution in [1.29, 1.82) is 0 Å². The molecule has 1 spiro atoms. The lowest BCUT2D eigenvalue weighted by Gasteiger charge is -2.42. The topological polar surface area (TPSA) is 71.8 Å². The number of hydrogen-bond donors (Lipinski definition) is 2. The first-order valence-electron chi connectivity index (χ1n) is 15.4. The van der Waals surface area contributed by atoms with E-state index in [0.29, 0.717) is 22.3 Å². The van der Waals surface area contributed by atoms with Crippen molar-refractivity contribution in [2.75, 3.05) is 0 Å². The highest BCUT2D eigenvalue weighted by atomic mass is 16.8. The normalized spacial score (nSPS) is 19.6. The van der Waals surface area contributed by atoms with Gasteiger partial charge < -0.3 is 19.7 Å². The van der Waals surface area contributed by atoms with Crippen LogP contribution >= 0.6 is 0 Å². The van der Waals surface area contributed by atoms with E-state index in [0.717, 1.165) is 32.1 Å². The van der Waals surface area contributed by atoms with Crippen LogP contribution in [0, 0.1) is 0 Å². The fourth-order valence-corrected chi connectivity index (χ4v) is 6.62. The van der Waals surface area contributed by atoms with Crippen LogP contribution in [-0.2, 0) is 20.7 Å². The minimum atomic E-state index is -1.58. The smallest absolute Gasteiger partial charge is 0.169 e. The van der Waals surface area contributed by atoms with E-state index in [1.165, 1.54) is 0 Å². The van der Waals surface area contributed by atoms with Crippen molar-refractivity contribution in [3.63, 3.8) is 0 Å². The van der Waals surface area contributed by atoms with Gasteiger partial charge in [-0.25, -0.2) is 0 Å². The third kappa shape index (κ3) is 5.84. The molecule has 0 unspecified atom stereocenters. The number of hydrogen-bond acceptors (Lipinski definition) is 5. The summed E-state index contributed by atoms with van der Waals surface area (Å²) in [5.74, 6) is -0.872. The highest BCUT2D eigenvalue weighted by Crippen LogP contribution is 2.53. The van der Waals surface area contributed by atoms with Gasteiger partial charge in [-0.15, -0.1) is 0 Å². The fraction of sp³-hybridized carbons (Fsp3) is 0.256. The minimum absolute atomic E-state index is 0.695. The number of aliphatic hydroxyl groups is 2. The average molecular weight is 586 g/mol. The summed E-state index contributed by atoms with van der Waals surface area (Å²) in [7, 11) is 0. The molecule has 5 heteroatoms. The van der Waals surface area contributed by atoms with Gasteiger partial charge >= 0.3 is 0 Å².